The molecule has 0 saturated carbocycles. The second-order valence-electron chi connectivity index (χ2n) is 5.61. The summed E-state index contributed by atoms with van der Waals surface area (Å²) in [6.45, 7) is 0.480. The van der Waals surface area contributed by atoms with E-state index in [4.69, 9.17) is 14.2 Å². The SMILES string of the molecule is COc1ccc2ccc(OC(=O)CCCOc3ccccc3)cc2c1. The van der Waals surface area contributed by atoms with E-state index in [0.29, 0.717) is 25.2 Å². The first-order chi connectivity index (χ1) is 12.2. The summed E-state index contributed by atoms with van der Waals surface area (Å²) in [4.78, 5) is 12.0. The number of carbonyl (C=O) groups excluding carboxylic acids is 1. The topological polar surface area (TPSA) is 44.8 Å². The predicted molar refractivity (Wildman–Crippen MR) is 97.3 cm³/mol. The molecule has 0 atom stereocenters. The average Bonchev–Trinajstić information content (AvgIpc) is 2.65. The number of fused-ring (bicyclic) bond motifs is 1. The molecule has 0 heterocycles. The summed E-state index contributed by atoms with van der Waals surface area (Å²) >= 11 is 0. The van der Waals surface area contributed by atoms with Crippen molar-refractivity contribution in [3.05, 3.63) is 66.7 Å². The fraction of sp³-hybridized carbons (Fsp3) is 0.190. The van der Waals surface area contributed by atoms with Crippen LogP contribution in [0, 0.1) is 0 Å². The summed E-state index contributed by atoms with van der Waals surface area (Å²) in [5, 5.41) is 2.04. The molecule has 3 aromatic rings. The highest BCUT2D eigenvalue weighted by atomic mass is 16.5. The molecule has 0 aliphatic carbocycles. The highest BCUT2D eigenvalue weighted by molar-refractivity contribution is 5.86. The van der Waals surface area contributed by atoms with Crippen LogP contribution in [-0.4, -0.2) is 19.7 Å². The zero-order chi connectivity index (χ0) is 17.5. The number of hydrogen-bond acceptors (Lipinski definition) is 4. The minimum absolute atomic E-state index is 0.265. The molecule has 0 saturated heterocycles. The van der Waals surface area contributed by atoms with E-state index in [1.54, 1.807) is 13.2 Å². The third-order valence-corrected chi connectivity index (χ3v) is 3.79. The molecule has 0 spiro atoms. The van der Waals surface area contributed by atoms with Crippen molar-refractivity contribution in [1.29, 1.82) is 0 Å². The lowest BCUT2D eigenvalue weighted by Gasteiger charge is -2.08. The van der Waals surface area contributed by atoms with Crippen LogP contribution in [0.15, 0.2) is 66.7 Å². The van der Waals surface area contributed by atoms with Crippen LogP contribution in [-0.2, 0) is 4.79 Å². The van der Waals surface area contributed by atoms with Gasteiger partial charge in [0.15, 0.2) is 0 Å². The summed E-state index contributed by atoms with van der Waals surface area (Å²) in [6.07, 6.45) is 0.915. The third-order valence-electron chi connectivity index (χ3n) is 3.79. The lowest BCUT2D eigenvalue weighted by Crippen LogP contribution is -2.09. The fourth-order valence-electron chi connectivity index (χ4n) is 2.50. The second-order valence-corrected chi connectivity index (χ2v) is 5.61. The Labute approximate surface area is 146 Å². The normalized spacial score (nSPS) is 10.4. The zero-order valence-corrected chi connectivity index (χ0v) is 14.1. The molecule has 0 fully saturated rings. The lowest BCUT2D eigenvalue weighted by molar-refractivity contribution is -0.134. The molecule has 4 nitrogen and oxygen atoms in total. The molecular formula is C21H20O4. The molecule has 0 aliphatic heterocycles. The van der Waals surface area contributed by atoms with Crippen LogP contribution in [0.5, 0.6) is 17.2 Å². The van der Waals surface area contributed by atoms with Gasteiger partial charge in [-0.05, 0) is 53.6 Å². The largest absolute Gasteiger partial charge is 0.497 e. The van der Waals surface area contributed by atoms with Crippen LogP contribution in [0.2, 0.25) is 0 Å². The van der Waals surface area contributed by atoms with Crippen molar-refractivity contribution in [2.24, 2.45) is 0 Å². The minimum atomic E-state index is -0.265. The van der Waals surface area contributed by atoms with Gasteiger partial charge in [0.05, 0.1) is 13.7 Å². The van der Waals surface area contributed by atoms with Crippen molar-refractivity contribution >= 4 is 16.7 Å². The highest BCUT2D eigenvalue weighted by Gasteiger charge is 2.06. The summed E-state index contributed by atoms with van der Waals surface area (Å²) in [6, 6.07) is 20.9. The van der Waals surface area contributed by atoms with Gasteiger partial charge in [0, 0.05) is 6.42 Å². The van der Waals surface area contributed by atoms with Crippen LogP contribution < -0.4 is 14.2 Å². The van der Waals surface area contributed by atoms with Crippen molar-refractivity contribution in [2.45, 2.75) is 12.8 Å². The Hall–Kier alpha value is -3.01. The van der Waals surface area contributed by atoms with Gasteiger partial charge < -0.3 is 14.2 Å². The number of benzene rings is 3. The van der Waals surface area contributed by atoms with Crippen LogP contribution in [0.1, 0.15) is 12.8 Å². The Bertz CT molecular complexity index is 843. The lowest BCUT2D eigenvalue weighted by atomic mass is 10.1. The van der Waals surface area contributed by atoms with Gasteiger partial charge in [-0.1, -0.05) is 30.3 Å². The van der Waals surface area contributed by atoms with E-state index < -0.39 is 0 Å². The van der Waals surface area contributed by atoms with E-state index in [0.717, 1.165) is 22.3 Å². The van der Waals surface area contributed by atoms with Gasteiger partial charge in [-0.3, -0.25) is 4.79 Å². The van der Waals surface area contributed by atoms with Crippen LogP contribution in [0.4, 0.5) is 0 Å². The standard InChI is InChI=1S/C21H20O4/c1-23-19-11-9-16-10-12-20(15-17(16)14-19)25-21(22)8-5-13-24-18-6-3-2-4-7-18/h2-4,6-7,9-12,14-15H,5,8,13H2,1H3. The van der Waals surface area contributed by atoms with E-state index in [2.05, 4.69) is 0 Å². The molecule has 3 aromatic carbocycles. The number of ether oxygens (including phenoxy) is 3. The van der Waals surface area contributed by atoms with Crippen LogP contribution in [0.3, 0.4) is 0 Å². The average molecular weight is 336 g/mol. The molecule has 3 rings (SSSR count). The van der Waals surface area contributed by atoms with Gasteiger partial charge in [-0.15, -0.1) is 0 Å². The maximum atomic E-state index is 12.0. The van der Waals surface area contributed by atoms with E-state index in [9.17, 15) is 4.79 Å². The van der Waals surface area contributed by atoms with Gasteiger partial charge in [0.2, 0.25) is 0 Å². The van der Waals surface area contributed by atoms with Gasteiger partial charge in [-0.2, -0.15) is 0 Å². The van der Waals surface area contributed by atoms with Crippen molar-refractivity contribution in [3.8, 4) is 17.2 Å². The van der Waals surface area contributed by atoms with Crippen LogP contribution >= 0.6 is 0 Å². The minimum Gasteiger partial charge on any atom is -0.497 e. The summed E-state index contributed by atoms with van der Waals surface area (Å²) in [5.74, 6) is 1.85. The highest BCUT2D eigenvalue weighted by Crippen LogP contribution is 2.25. The molecule has 0 amide bonds. The Morgan fingerprint density at radius 2 is 1.56 bits per heavy atom. The quantitative estimate of drug-likeness (QED) is 0.359. The molecule has 128 valence electrons. The molecule has 0 N–H and O–H groups in total. The molecule has 0 aromatic heterocycles. The van der Waals surface area contributed by atoms with Crippen molar-refractivity contribution in [1.82, 2.24) is 0 Å². The summed E-state index contributed by atoms with van der Waals surface area (Å²) in [7, 11) is 1.63. The molecular weight excluding hydrogens is 316 g/mol. The van der Waals surface area contributed by atoms with Gasteiger partial charge in [0.25, 0.3) is 0 Å². The smallest absolute Gasteiger partial charge is 0.311 e. The first-order valence-electron chi connectivity index (χ1n) is 8.21. The Morgan fingerprint density at radius 1 is 0.840 bits per heavy atom. The number of carbonyl (C=O) groups is 1. The van der Waals surface area contributed by atoms with Gasteiger partial charge >= 0.3 is 5.97 Å². The molecule has 0 aliphatic rings. The molecule has 0 radical (unpaired) electrons. The third kappa shape index (κ3) is 4.73. The van der Waals surface area contributed by atoms with Crippen molar-refractivity contribution < 1.29 is 19.0 Å². The second kappa shape index (κ2) is 8.20. The van der Waals surface area contributed by atoms with Crippen molar-refractivity contribution in [3.63, 3.8) is 0 Å². The van der Waals surface area contributed by atoms with E-state index in [-0.39, 0.29) is 5.97 Å². The maximum Gasteiger partial charge on any atom is 0.311 e. The first-order valence-corrected chi connectivity index (χ1v) is 8.21. The number of para-hydroxylation sites is 1. The number of methoxy groups -OCH3 is 1. The first kappa shape index (κ1) is 16.8. The predicted octanol–water partition coefficient (Wildman–Crippen LogP) is 4.61. The summed E-state index contributed by atoms with van der Waals surface area (Å²) < 4.78 is 16.2. The number of esters is 1. The van der Waals surface area contributed by atoms with E-state index in [1.165, 1.54) is 0 Å². The van der Waals surface area contributed by atoms with E-state index >= 15 is 0 Å². The fourth-order valence-corrected chi connectivity index (χ4v) is 2.50. The van der Waals surface area contributed by atoms with Crippen LogP contribution in [0.25, 0.3) is 10.8 Å². The van der Waals surface area contributed by atoms with E-state index in [1.807, 2.05) is 60.7 Å². The Kier molecular flexibility index (Phi) is 5.52. The maximum absolute atomic E-state index is 12.0. The number of rotatable bonds is 7. The van der Waals surface area contributed by atoms with Gasteiger partial charge in [0.1, 0.15) is 17.2 Å². The van der Waals surface area contributed by atoms with Gasteiger partial charge in [-0.25, -0.2) is 0 Å². The van der Waals surface area contributed by atoms with Crippen molar-refractivity contribution in [2.75, 3.05) is 13.7 Å². The summed E-state index contributed by atoms with van der Waals surface area (Å²) in [5.41, 5.74) is 0. The Balaban J connectivity index is 1.51. The monoisotopic (exact) mass is 336 g/mol. The number of hydrogen-bond donors (Lipinski definition) is 0. The molecule has 0 unspecified atom stereocenters. The zero-order valence-electron chi connectivity index (χ0n) is 14.1. The Morgan fingerprint density at radius 3 is 2.32 bits per heavy atom. The molecule has 4 heteroatoms. The molecule has 0 bridgehead atoms. The molecule has 25 heavy (non-hydrogen) atoms.